The van der Waals surface area contributed by atoms with Crippen molar-refractivity contribution in [3.63, 3.8) is 0 Å². The lowest BCUT2D eigenvalue weighted by Gasteiger charge is -2.10. The number of aromatic nitrogens is 1. The van der Waals surface area contributed by atoms with E-state index in [2.05, 4.69) is 9.71 Å². The SMILES string of the molecule is Cc1ccc(S(=O)(=O)NCCc2cccs2)c2cccnc12. The number of sulfonamides is 1. The molecule has 1 aromatic carbocycles. The summed E-state index contributed by atoms with van der Waals surface area (Å²) in [6, 6.07) is 11.0. The number of hydrogen-bond donors (Lipinski definition) is 1. The molecular weight excluding hydrogens is 316 g/mol. The Morgan fingerprint density at radius 1 is 1.18 bits per heavy atom. The Bertz CT molecular complexity index is 888. The molecule has 6 heteroatoms. The van der Waals surface area contributed by atoms with Gasteiger partial charge in [0.25, 0.3) is 0 Å². The first-order valence-electron chi connectivity index (χ1n) is 6.94. The Balaban J connectivity index is 1.87. The molecule has 3 rings (SSSR count). The van der Waals surface area contributed by atoms with Gasteiger partial charge in [-0.1, -0.05) is 12.1 Å². The summed E-state index contributed by atoms with van der Waals surface area (Å²) < 4.78 is 27.8. The first-order chi connectivity index (χ1) is 10.6. The number of nitrogens with one attached hydrogen (secondary N) is 1. The summed E-state index contributed by atoms with van der Waals surface area (Å²) in [6.45, 7) is 2.31. The normalized spacial score (nSPS) is 11.9. The monoisotopic (exact) mass is 332 g/mol. The maximum Gasteiger partial charge on any atom is 0.241 e. The number of rotatable bonds is 5. The molecule has 0 unspecified atom stereocenters. The van der Waals surface area contributed by atoms with Crippen LogP contribution in [0.3, 0.4) is 0 Å². The molecule has 1 N–H and O–H groups in total. The van der Waals surface area contributed by atoms with E-state index in [0.29, 0.717) is 18.4 Å². The minimum absolute atomic E-state index is 0.285. The number of pyridine rings is 1. The van der Waals surface area contributed by atoms with E-state index in [1.54, 1.807) is 41.8 Å². The van der Waals surface area contributed by atoms with E-state index in [9.17, 15) is 8.42 Å². The third kappa shape index (κ3) is 3.04. The highest BCUT2D eigenvalue weighted by Gasteiger charge is 2.18. The molecule has 2 aromatic heterocycles. The van der Waals surface area contributed by atoms with E-state index in [0.717, 1.165) is 16.0 Å². The third-order valence-electron chi connectivity index (χ3n) is 3.46. The molecule has 0 aliphatic heterocycles. The van der Waals surface area contributed by atoms with Crippen molar-refractivity contribution >= 4 is 32.3 Å². The van der Waals surface area contributed by atoms with Crippen molar-refractivity contribution in [1.82, 2.24) is 9.71 Å². The molecule has 0 radical (unpaired) electrons. The Labute approximate surface area is 133 Å². The van der Waals surface area contributed by atoms with E-state index in [4.69, 9.17) is 0 Å². The second kappa shape index (κ2) is 6.16. The fraction of sp³-hybridized carbons (Fsp3) is 0.188. The van der Waals surface area contributed by atoms with Crippen LogP contribution in [0.4, 0.5) is 0 Å². The highest BCUT2D eigenvalue weighted by molar-refractivity contribution is 7.89. The smallest absolute Gasteiger partial charge is 0.241 e. The minimum Gasteiger partial charge on any atom is -0.256 e. The fourth-order valence-electron chi connectivity index (χ4n) is 2.36. The molecule has 0 fully saturated rings. The highest BCUT2D eigenvalue weighted by Crippen LogP contribution is 2.24. The maximum atomic E-state index is 12.6. The van der Waals surface area contributed by atoms with E-state index < -0.39 is 10.0 Å². The number of fused-ring (bicyclic) bond motifs is 1. The van der Waals surface area contributed by atoms with Crippen LogP contribution in [0.5, 0.6) is 0 Å². The van der Waals surface area contributed by atoms with E-state index in [-0.39, 0.29) is 4.90 Å². The molecule has 0 amide bonds. The van der Waals surface area contributed by atoms with Crippen LogP contribution in [-0.4, -0.2) is 19.9 Å². The average Bonchev–Trinajstić information content (AvgIpc) is 3.01. The topological polar surface area (TPSA) is 59.1 Å². The van der Waals surface area contributed by atoms with Crippen LogP contribution >= 0.6 is 11.3 Å². The number of thiophene rings is 1. The number of nitrogens with zero attached hydrogens (tertiary/aromatic N) is 1. The fourth-order valence-corrected chi connectivity index (χ4v) is 4.30. The Morgan fingerprint density at radius 3 is 2.82 bits per heavy atom. The molecule has 0 aliphatic carbocycles. The number of aryl methyl sites for hydroxylation is 1. The molecule has 114 valence electrons. The van der Waals surface area contributed by atoms with Crippen LogP contribution in [0.15, 0.2) is 52.9 Å². The predicted molar refractivity (Wildman–Crippen MR) is 89.7 cm³/mol. The zero-order valence-corrected chi connectivity index (χ0v) is 13.7. The molecule has 4 nitrogen and oxygen atoms in total. The molecule has 3 aromatic rings. The van der Waals surface area contributed by atoms with Crippen LogP contribution in [0, 0.1) is 6.92 Å². The van der Waals surface area contributed by atoms with Gasteiger partial charge in [0.05, 0.1) is 10.4 Å². The summed E-state index contributed by atoms with van der Waals surface area (Å²) in [4.78, 5) is 5.73. The summed E-state index contributed by atoms with van der Waals surface area (Å²) in [6.07, 6.45) is 2.37. The average molecular weight is 332 g/mol. The minimum atomic E-state index is -3.54. The molecular formula is C16H16N2O2S2. The van der Waals surface area contributed by atoms with Gasteiger partial charge in [0, 0.05) is 23.0 Å². The summed E-state index contributed by atoms with van der Waals surface area (Å²) in [7, 11) is -3.54. The molecule has 0 saturated carbocycles. The Hall–Kier alpha value is -1.76. The van der Waals surface area contributed by atoms with Crippen molar-refractivity contribution in [3.05, 3.63) is 58.4 Å². The summed E-state index contributed by atoms with van der Waals surface area (Å²) >= 11 is 1.63. The largest absolute Gasteiger partial charge is 0.256 e. The first kappa shape index (κ1) is 15.1. The lowest BCUT2D eigenvalue weighted by molar-refractivity contribution is 0.582. The quantitative estimate of drug-likeness (QED) is 0.781. The second-order valence-electron chi connectivity index (χ2n) is 5.01. The van der Waals surface area contributed by atoms with Crippen molar-refractivity contribution in [2.75, 3.05) is 6.54 Å². The molecule has 0 bridgehead atoms. The van der Waals surface area contributed by atoms with Gasteiger partial charge in [0.2, 0.25) is 10.0 Å². The third-order valence-corrected chi connectivity index (χ3v) is 5.92. The van der Waals surface area contributed by atoms with Crippen LogP contribution < -0.4 is 4.72 Å². The van der Waals surface area contributed by atoms with Gasteiger partial charge >= 0.3 is 0 Å². The molecule has 0 saturated heterocycles. The summed E-state index contributed by atoms with van der Waals surface area (Å²) in [5.74, 6) is 0. The first-order valence-corrected chi connectivity index (χ1v) is 9.30. The van der Waals surface area contributed by atoms with E-state index >= 15 is 0 Å². The lowest BCUT2D eigenvalue weighted by atomic mass is 10.1. The van der Waals surface area contributed by atoms with E-state index in [1.165, 1.54) is 0 Å². The van der Waals surface area contributed by atoms with Crippen molar-refractivity contribution in [3.8, 4) is 0 Å². The zero-order valence-electron chi connectivity index (χ0n) is 12.1. The van der Waals surface area contributed by atoms with Crippen molar-refractivity contribution in [2.24, 2.45) is 0 Å². The predicted octanol–water partition coefficient (Wildman–Crippen LogP) is 3.13. The molecule has 22 heavy (non-hydrogen) atoms. The van der Waals surface area contributed by atoms with Crippen molar-refractivity contribution in [1.29, 1.82) is 0 Å². The molecule has 2 heterocycles. The van der Waals surface area contributed by atoms with Crippen molar-refractivity contribution < 1.29 is 8.42 Å². The van der Waals surface area contributed by atoms with Gasteiger partial charge in [-0.25, -0.2) is 13.1 Å². The summed E-state index contributed by atoms with van der Waals surface area (Å²) in [5, 5.41) is 2.65. The molecule has 0 spiro atoms. The Morgan fingerprint density at radius 2 is 2.05 bits per heavy atom. The van der Waals surface area contributed by atoms with Crippen LogP contribution in [0.1, 0.15) is 10.4 Å². The summed E-state index contributed by atoms with van der Waals surface area (Å²) in [5.41, 5.74) is 1.69. The standard InChI is InChI=1S/C16H16N2O2S2/c1-12-6-7-15(14-5-2-9-17-16(12)14)22(19,20)18-10-8-13-4-3-11-21-13/h2-7,9,11,18H,8,10H2,1H3. The lowest BCUT2D eigenvalue weighted by Crippen LogP contribution is -2.26. The van der Waals surface area contributed by atoms with Gasteiger partial charge in [-0.05, 0) is 48.6 Å². The number of benzene rings is 1. The molecule has 0 aliphatic rings. The van der Waals surface area contributed by atoms with Gasteiger partial charge in [0.1, 0.15) is 0 Å². The van der Waals surface area contributed by atoms with E-state index in [1.807, 2.05) is 24.4 Å². The van der Waals surface area contributed by atoms with Gasteiger partial charge in [0.15, 0.2) is 0 Å². The second-order valence-corrected chi connectivity index (χ2v) is 7.77. The van der Waals surface area contributed by atoms with Gasteiger partial charge < -0.3 is 0 Å². The van der Waals surface area contributed by atoms with Gasteiger partial charge in [-0.3, -0.25) is 4.98 Å². The molecule has 0 atom stereocenters. The maximum absolute atomic E-state index is 12.6. The number of hydrogen-bond acceptors (Lipinski definition) is 4. The Kier molecular flexibility index (Phi) is 4.24. The van der Waals surface area contributed by atoms with Crippen LogP contribution in [0.25, 0.3) is 10.9 Å². The highest BCUT2D eigenvalue weighted by atomic mass is 32.2. The van der Waals surface area contributed by atoms with Crippen LogP contribution in [0.2, 0.25) is 0 Å². The zero-order chi connectivity index (χ0) is 15.6. The van der Waals surface area contributed by atoms with Crippen molar-refractivity contribution in [2.45, 2.75) is 18.2 Å². The van der Waals surface area contributed by atoms with Crippen LogP contribution in [-0.2, 0) is 16.4 Å². The van der Waals surface area contributed by atoms with Gasteiger partial charge in [-0.15, -0.1) is 11.3 Å². The van der Waals surface area contributed by atoms with Gasteiger partial charge in [-0.2, -0.15) is 0 Å².